The van der Waals surface area contributed by atoms with Gasteiger partial charge in [-0.1, -0.05) is 30.3 Å². The van der Waals surface area contributed by atoms with Gasteiger partial charge in [-0.05, 0) is 36.8 Å². The SMILES string of the molecule is Cc1cn[nH]c1C(=O)Nc1ccccc1Oc1ccccc1. The molecule has 0 unspecified atom stereocenters. The number of carbonyl (C=O) groups is 1. The number of aromatic nitrogens is 2. The first kappa shape index (κ1) is 13.9. The molecule has 2 N–H and O–H groups in total. The van der Waals surface area contributed by atoms with Crippen molar-refractivity contribution in [3.8, 4) is 11.5 Å². The summed E-state index contributed by atoms with van der Waals surface area (Å²) in [4.78, 5) is 12.3. The van der Waals surface area contributed by atoms with Gasteiger partial charge in [0.05, 0.1) is 11.9 Å². The second-order valence-electron chi connectivity index (χ2n) is 4.79. The standard InChI is InChI=1S/C17H15N3O2/c1-12-11-18-20-16(12)17(21)19-14-9-5-6-10-15(14)22-13-7-3-2-4-8-13/h2-11H,1H3,(H,18,20)(H,19,21). The average Bonchev–Trinajstić information content (AvgIpc) is 2.96. The van der Waals surface area contributed by atoms with E-state index in [-0.39, 0.29) is 5.91 Å². The first-order valence-corrected chi connectivity index (χ1v) is 6.87. The zero-order chi connectivity index (χ0) is 15.4. The molecule has 5 heteroatoms. The highest BCUT2D eigenvalue weighted by molar-refractivity contribution is 6.04. The molecule has 0 aliphatic rings. The summed E-state index contributed by atoms with van der Waals surface area (Å²) in [7, 11) is 0. The molecule has 5 nitrogen and oxygen atoms in total. The van der Waals surface area contributed by atoms with Gasteiger partial charge in [0.2, 0.25) is 0 Å². The molecule has 0 fully saturated rings. The summed E-state index contributed by atoms with van der Waals surface area (Å²) in [5.41, 5.74) is 1.83. The number of H-pyrrole nitrogens is 1. The molecule has 1 amide bonds. The maximum atomic E-state index is 12.3. The fraction of sp³-hybridized carbons (Fsp3) is 0.0588. The normalized spacial score (nSPS) is 10.2. The summed E-state index contributed by atoms with van der Waals surface area (Å²) in [5, 5.41) is 9.39. The van der Waals surface area contributed by atoms with Crippen LogP contribution >= 0.6 is 0 Å². The number of aryl methyl sites for hydroxylation is 1. The van der Waals surface area contributed by atoms with Crippen LogP contribution in [0.5, 0.6) is 11.5 Å². The minimum absolute atomic E-state index is 0.251. The van der Waals surface area contributed by atoms with Crippen molar-refractivity contribution in [2.75, 3.05) is 5.32 Å². The smallest absolute Gasteiger partial charge is 0.274 e. The summed E-state index contributed by atoms with van der Waals surface area (Å²) >= 11 is 0. The Morgan fingerprint density at radius 1 is 1.09 bits per heavy atom. The Labute approximate surface area is 127 Å². The van der Waals surface area contributed by atoms with Crippen LogP contribution in [-0.2, 0) is 0 Å². The molecular weight excluding hydrogens is 278 g/mol. The Balaban J connectivity index is 1.83. The molecule has 0 saturated heterocycles. The average molecular weight is 293 g/mol. The zero-order valence-electron chi connectivity index (χ0n) is 12.0. The van der Waals surface area contributed by atoms with Gasteiger partial charge in [0.15, 0.2) is 5.75 Å². The number of aromatic amines is 1. The summed E-state index contributed by atoms with van der Waals surface area (Å²) in [6.07, 6.45) is 1.61. The van der Waals surface area contributed by atoms with Crippen LogP contribution in [0.1, 0.15) is 16.1 Å². The monoisotopic (exact) mass is 293 g/mol. The fourth-order valence-corrected chi connectivity index (χ4v) is 2.04. The van der Waals surface area contributed by atoms with Crippen molar-refractivity contribution in [3.05, 3.63) is 72.1 Å². The van der Waals surface area contributed by atoms with Gasteiger partial charge >= 0.3 is 0 Å². The van der Waals surface area contributed by atoms with E-state index >= 15 is 0 Å². The molecule has 0 atom stereocenters. The number of anilines is 1. The first-order chi connectivity index (χ1) is 10.7. The molecule has 0 aliphatic heterocycles. The Kier molecular flexibility index (Phi) is 3.87. The van der Waals surface area contributed by atoms with E-state index in [4.69, 9.17) is 4.74 Å². The van der Waals surface area contributed by atoms with Gasteiger partial charge in [-0.3, -0.25) is 9.89 Å². The van der Waals surface area contributed by atoms with E-state index < -0.39 is 0 Å². The molecule has 0 saturated carbocycles. The van der Waals surface area contributed by atoms with E-state index in [2.05, 4.69) is 15.5 Å². The second kappa shape index (κ2) is 6.13. The Morgan fingerprint density at radius 3 is 2.55 bits per heavy atom. The third-order valence-corrected chi connectivity index (χ3v) is 3.16. The lowest BCUT2D eigenvalue weighted by molar-refractivity contribution is 0.102. The maximum Gasteiger partial charge on any atom is 0.274 e. The van der Waals surface area contributed by atoms with Crippen molar-refractivity contribution in [1.82, 2.24) is 10.2 Å². The number of hydrogen-bond acceptors (Lipinski definition) is 3. The summed E-state index contributed by atoms with van der Waals surface area (Å²) in [6.45, 7) is 1.82. The maximum absolute atomic E-state index is 12.3. The van der Waals surface area contributed by atoms with Crippen LogP contribution in [0.2, 0.25) is 0 Å². The Morgan fingerprint density at radius 2 is 1.82 bits per heavy atom. The number of ether oxygens (including phenoxy) is 1. The highest BCUT2D eigenvalue weighted by atomic mass is 16.5. The Bertz CT molecular complexity index is 781. The lowest BCUT2D eigenvalue weighted by atomic mass is 10.2. The number of nitrogens with zero attached hydrogens (tertiary/aromatic N) is 1. The van der Waals surface area contributed by atoms with Gasteiger partial charge < -0.3 is 10.1 Å². The molecular formula is C17H15N3O2. The van der Waals surface area contributed by atoms with E-state index in [1.165, 1.54) is 0 Å². The third-order valence-electron chi connectivity index (χ3n) is 3.16. The van der Waals surface area contributed by atoms with Crippen molar-refractivity contribution in [1.29, 1.82) is 0 Å². The van der Waals surface area contributed by atoms with Crippen LogP contribution in [0.3, 0.4) is 0 Å². The van der Waals surface area contributed by atoms with Crippen LogP contribution in [-0.4, -0.2) is 16.1 Å². The molecule has 0 aliphatic carbocycles. The number of benzene rings is 2. The summed E-state index contributed by atoms with van der Waals surface area (Å²) < 4.78 is 5.82. The molecule has 0 bridgehead atoms. The van der Waals surface area contributed by atoms with Crippen molar-refractivity contribution < 1.29 is 9.53 Å². The lowest BCUT2D eigenvalue weighted by Crippen LogP contribution is -2.14. The fourth-order valence-electron chi connectivity index (χ4n) is 2.04. The van der Waals surface area contributed by atoms with Gasteiger partial charge in [-0.2, -0.15) is 5.10 Å². The van der Waals surface area contributed by atoms with Gasteiger partial charge in [0.25, 0.3) is 5.91 Å². The summed E-state index contributed by atoms with van der Waals surface area (Å²) in [5.74, 6) is 1.04. The van der Waals surface area contributed by atoms with Crippen molar-refractivity contribution in [2.45, 2.75) is 6.92 Å². The number of para-hydroxylation sites is 3. The van der Waals surface area contributed by atoms with E-state index in [9.17, 15) is 4.79 Å². The van der Waals surface area contributed by atoms with Gasteiger partial charge in [0, 0.05) is 0 Å². The van der Waals surface area contributed by atoms with Crippen molar-refractivity contribution in [3.63, 3.8) is 0 Å². The predicted molar refractivity (Wildman–Crippen MR) is 84.2 cm³/mol. The number of hydrogen-bond donors (Lipinski definition) is 2. The van der Waals surface area contributed by atoms with E-state index in [0.29, 0.717) is 22.9 Å². The van der Waals surface area contributed by atoms with Crippen LogP contribution in [0, 0.1) is 6.92 Å². The number of carbonyl (C=O) groups excluding carboxylic acids is 1. The number of amides is 1. The minimum atomic E-state index is -0.251. The predicted octanol–water partition coefficient (Wildman–Crippen LogP) is 3.76. The molecule has 3 rings (SSSR count). The van der Waals surface area contributed by atoms with Gasteiger partial charge in [-0.15, -0.1) is 0 Å². The highest BCUT2D eigenvalue weighted by Crippen LogP contribution is 2.29. The molecule has 3 aromatic rings. The zero-order valence-corrected chi connectivity index (χ0v) is 12.0. The van der Waals surface area contributed by atoms with Crippen molar-refractivity contribution >= 4 is 11.6 Å². The molecule has 2 aromatic carbocycles. The quantitative estimate of drug-likeness (QED) is 0.769. The summed E-state index contributed by atoms with van der Waals surface area (Å²) in [6, 6.07) is 16.7. The topological polar surface area (TPSA) is 67.0 Å². The second-order valence-corrected chi connectivity index (χ2v) is 4.79. The molecule has 1 aromatic heterocycles. The molecule has 110 valence electrons. The van der Waals surface area contributed by atoms with E-state index in [0.717, 1.165) is 5.56 Å². The highest BCUT2D eigenvalue weighted by Gasteiger charge is 2.13. The molecule has 0 radical (unpaired) electrons. The molecule has 22 heavy (non-hydrogen) atoms. The minimum Gasteiger partial charge on any atom is -0.455 e. The lowest BCUT2D eigenvalue weighted by Gasteiger charge is -2.11. The van der Waals surface area contributed by atoms with E-state index in [1.54, 1.807) is 12.3 Å². The van der Waals surface area contributed by atoms with Gasteiger partial charge in [0.1, 0.15) is 11.4 Å². The number of rotatable bonds is 4. The van der Waals surface area contributed by atoms with Gasteiger partial charge in [-0.25, -0.2) is 0 Å². The number of nitrogens with one attached hydrogen (secondary N) is 2. The molecule has 0 spiro atoms. The van der Waals surface area contributed by atoms with Crippen molar-refractivity contribution in [2.24, 2.45) is 0 Å². The first-order valence-electron chi connectivity index (χ1n) is 6.87. The van der Waals surface area contributed by atoms with E-state index in [1.807, 2.05) is 55.5 Å². The van der Waals surface area contributed by atoms with Crippen LogP contribution in [0.25, 0.3) is 0 Å². The Hall–Kier alpha value is -3.08. The molecule has 1 heterocycles. The largest absolute Gasteiger partial charge is 0.455 e. The van der Waals surface area contributed by atoms with Crippen LogP contribution in [0.4, 0.5) is 5.69 Å². The van der Waals surface area contributed by atoms with Crippen LogP contribution < -0.4 is 10.1 Å². The van der Waals surface area contributed by atoms with Crippen LogP contribution in [0.15, 0.2) is 60.8 Å². The third kappa shape index (κ3) is 2.98.